The molecule has 1 aromatic carbocycles. The van der Waals surface area contributed by atoms with Crippen LogP contribution in [0.3, 0.4) is 0 Å². The summed E-state index contributed by atoms with van der Waals surface area (Å²) in [6.45, 7) is 7.50. The van der Waals surface area contributed by atoms with E-state index in [9.17, 15) is 0 Å². The van der Waals surface area contributed by atoms with Crippen molar-refractivity contribution < 1.29 is 0 Å². The molecule has 1 aromatic heterocycles. The predicted molar refractivity (Wildman–Crippen MR) is 78.4 cm³/mol. The van der Waals surface area contributed by atoms with Crippen LogP contribution in [0, 0.1) is 0 Å². The number of hydrogen-bond acceptors (Lipinski definition) is 2. The monoisotopic (exact) mass is 260 g/mol. The van der Waals surface area contributed by atoms with E-state index in [-0.39, 0.29) is 0 Å². The summed E-state index contributed by atoms with van der Waals surface area (Å²) in [5.41, 5.74) is 3.85. The summed E-state index contributed by atoms with van der Waals surface area (Å²) < 4.78 is 2.19. The Hall–Kier alpha value is -1.35. The van der Waals surface area contributed by atoms with E-state index >= 15 is 0 Å². The lowest BCUT2D eigenvalue weighted by atomic mass is 10.0. The van der Waals surface area contributed by atoms with Gasteiger partial charge in [-0.1, -0.05) is 32.0 Å². The van der Waals surface area contributed by atoms with Gasteiger partial charge in [0.1, 0.15) is 0 Å². The first-order chi connectivity index (χ1) is 8.80. The molecular formula is C15H20N2S. The van der Waals surface area contributed by atoms with Crippen molar-refractivity contribution in [3.05, 3.63) is 45.7 Å². The molecule has 0 aliphatic carbocycles. The third kappa shape index (κ3) is 2.56. The summed E-state index contributed by atoms with van der Waals surface area (Å²) in [6.07, 6.45) is 4.16. The van der Waals surface area contributed by atoms with Crippen LogP contribution >= 0.6 is 11.3 Å². The average molecular weight is 260 g/mol. The highest BCUT2D eigenvalue weighted by Crippen LogP contribution is 2.25. The highest BCUT2D eigenvalue weighted by atomic mass is 32.1. The molecule has 0 aliphatic rings. The van der Waals surface area contributed by atoms with Crippen molar-refractivity contribution in [2.24, 2.45) is 4.99 Å². The van der Waals surface area contributed by atoms with Crippen LogP contribution < -0.4 is 4.80 Å². The Balaban J connectivity index is 2.61. The van der Waals surface area contributed by atoms with Crippen molar-refractivity contribution >= 4 is 17.0 Å². The highest BCUT2D eigenvalue weighted by Gasteiger charge is 2.05. The molecule has 3 heteroatoms. The van der Waals surface area contributed by atoms with Crippen molar-refractivity contribution in [2.75, 3.05) is 0 Å². The van der Waals surface area contributed by atoms with Gasteiger partial charge < -0.3 is 4.57 Å². The molecule has 0 atom stereocenters. The number of benzene rings is 1. The minimum absolute atomic E-state index is 0.970. The molecule has 96 valence electrons. The quantitative estimate of drug-likeness (QED) is 0.792. The summed E-state index contributed by atoms with van der Waals surface area (Å²) in [7, 11) is 0. The summed E-state index contributed by atoms with van der Waals surface area (Å²) in [4.78, 5) is 5.99. The van der Waals surface area contributed by atoms with E-state index in [0.717, 1.165) is 24.2 Å². The van der Waals surface area contributed by atoms with Gasteiger partial charge >= 0.3 is 0 Å². The lowest BCUT2D eigenvalue weighted by Gasteiger charge is -2.08. The van der Waals surface area contributed by atoms with Gasteiger partial charge in [0.15, 0.2) is 4.80 Å². The van der Waals surface area contributed by atoms with E-state index in [1.165, 1.54) is 16.8 Å². The van der Waals surface area contributed by atoms with Crippen molar-refractivity contribution in [1.82, 2.24) is 4.57 Å². The van der Waals surface area contributed by atoms with Gasteiger partial charge in [-0.15, -0.1) is 11.3 Å². The molecule has 18 heavy (non-hydrogen) atoms. The Kier molecular flexibility index (Phi) is 4.37. The first-order valence-corrected chi connectivity index (χ1v) is 7.47. The fourth-order valence-electron chi connectivity index (χ4n) is 2.08. The predicted octanol–water partition coefficient (Wildman–Crippen LogP) is 3.93. The SMILES string of the molecule is CCc1cccc(CC)c1N=c1sccn1CC. The molecule has 2 rings (SSSR count). The molecule has 0 saturated heterocycles. The van der Waals surface area contributed by atoms with E-state index in [2.05, 4.69) is 55.1 Å². The van der Waals surface area contributed by atoms with E-state index in [1.54, 1.807) is 11.3 Å². The Morgan fingerprint density at radius 1 is 1.11 bits per heavy atom. The lowest BCUT2D eigenvalue weighted by Crippen LogP contribution is -2.12. The second kappa shape index (κ2) is 6.01. The van der Waals surface area contributed by atoms with Crippen LogP contribution in [0.1, 0.15) is 31.9 Å². The van der Waals surface area contributed by atoms with E-state index in [0.29, 0.717) is 0 Å². The second-order valence-corrected chi connectivity index (χ2v) is 5.09. The minimum atomic E-state index is 0.970. The smallest absolute Gasteiger partial charge is 0.189 e. The second-order valence-electron chi connectivity index (χ2n) is 4.22. The van der Waals surface area contributed by atoms with Crippen LogP contribution in [0.25, 0.3) is 0 Å². The number of nitrogens with zero attached hydrogens (tertiary/aromatic N) is 2. The largest absolute Gasteiger partial charge is 0.324 e. The topological polar surface area (TPSA) is 17.3 Å². The van der Waals surface area contributed by atoms with Crippen LogP contribution in [0.2, 0.25) is 0 Å². The fourth-order valence-corrected chi connectivity index (χ4v) is 2.88. The van der Waals surface area contributed by atoms with Gasteiger partial charge in [0, 0.05) is 18.1 Å². The summed E-state index contributed by atoms with van der Waals surface area (Å²) >= 11 is 1.70. The van der Waals surface area contributed by atoms with Crippen LogP contribution in [0.15, 0.2) is 34.8 Å². The molecule has 0 N–H and O–H groups in total. The summed E-state index contributed by atoms with van der Waals surface area (Å²) in [5.74, 6) is 0. The molecule has 0 radical (unpaired) electrons. The van der Waals surface area contributed by atoms with Crippen LogP contribution in [-0.4, -0.2) is 4.57 Å². The van der Waals surface area contributed by atoms with Gasteiger partial charge in [0.25, 0.3) is 0 Å². The number of hydrogen-bond donors (Lipinski definition) is 0. The minimum Gasteiger partial charge on any atom is -0.324 e. The van der Waals surface area contributed by atoms with E-state index in [4.69, 9.17) is 4.99 Å². The van der Waals surface area contributed by atoms with Gasteiger partial charge in [-0.2, -0.15) is 0 Å². The zero-order valence-corrected chi connectivity index (χ0v) is 12.1. The van der Waals surface area contributed by atoms with Crippen molar-refractivity contribution in [1.29, 1.82) is 0 Å². The van der Waals surface area contributed by atoms with Gasteiger partial charge in [0.2, 0.25) is 0 Å². The number of rotatable bonds is 4. The molecule has 0 spiro atoms. The Bertz CT molecular complexity index is 556. The Morgan fingerprint density at radius 2 is 1.78 bits per heavy atom. The molecular weight excluding hydrogens is 240 g/mol. The third-order valence-corrected chi connectivity index (χ3v) is 3.97. The zero-order chi connectivity index (χ0) is 13.0. The molecule has 0 bridgehead atoms. The zero-order valence-electron chi connectivity index (χ0n) is 11.3. The molecule has 2 aromatic rings. The number of thiazole rings is 1. The summed E-state index contributed by atoms with van der Waals surface area (Å²) in [6, 6.07) is 6.50. The Labute approximate surface area is 113 Å². The average Bonchev–Trinajstić information content (AvgIpc) is 2.86. The highest BCUT2D eigenvalue weighted by molar-refractivity contribution is 7.07. The standard InChI is InChI=1S/C15H20N2S/c1-4-12-8-7-9-13(5-2)14(12)16-15-17(6-3)10-11-18-15/h7-11H,4-6H2,1-3H3. The van der Waals surface area contributed by atoms with E-state index in [1.807, 2.05) is 0 Å². The van der Waals surface area contributed by atoms with Gasteiger partial charge in [-0.25, -0.2) is 4.99 Å². The maximum absolute atomic E-state index is 4.89. The van der Waals surface area contributed by atoms with Crippen molar-refractivity contribution in [3.8, 4) is 0 Å². The van der Waals surface area contributed by atoms with Gasteiger partial charge in [-0.05, 0) is 30.9 Å². The normalized spacial score (nSPS) is 12.1. The number of aromatic nitrogens is 1. The van der Waals surface area contributed by atoms with Crippen LogP contribution in [0.4, 0.5) is 5.69 Å². The maximum Gasteiger partial charge on any atom is 0.189 e. The Morgan fingerprint density at radius 3 is 2.33 bits per heavy atom. The number of para-hydroxylation sites is 1. The molecule has 0 saturated carbocycles. The molecule has 0 aliphatic heterocycles. The molecule has 2 nitrogen and oxygen atoms in total. The number of aryl methyl sites for hydroxylation is 3. The maximum atomic E-state index is 4.89. The van der Waals surface area contributed by atoms with Crippen LogP contribution in [0.5, 0.6) is 0 Å². The first-order valence-electron chi connectivity index (χ1n) is 6.59. The van der Waals surface area contributed by atoms with Gasteiger partial charge in [0.05, 0.1) is 5.69 Å². The molecule has 0 unspecified atom stereocenters. The third-order valence-electron chi connectivity index (χ3n) is 3.17. The molecule has 0 fully saturated rings. The van der Waals surface area contributed by atoms with Crippen molar-refractivity contribution in [3.63, 3.8) is 0 Å². The van der Waals surface area contributed by atoms with Crippen molar-refractivity contribution in [2.45, 2.75) is 40.2 Å². The fraction of sp³-hybridized carbons (Fsp3) is 0.400. The molecule has 1 heterocycles. The lowest BCUT2D eigenvalue weighted by molar-refractivity contribution is 0.736. The van der Waals surface area contributed by atoms with Crippen LogP contribution in [-0.2, 0) is 19.4 Å². The van der Waals surface area contributed by atoms with E-state index < -0.39 is 0 Å². The van der Waals surface area contributed by atoms with Gasteiger partial charge in [-0.3, -0.25) is 0 Å². The summed E-state index contributed by atoms with van der Waals surface area (Å²) in [5, 5.41) is 2.10. The first kappa shape index (κ1) is 13.1. The molecule has 0 amide bonds.